The molecular weight excluding hydrogens is 320 g/mol. The normalized spacial score (nSPS) is 25.0. The second kappa shape index (κ2) is 5.38. The van der Waals surface area contributed by atoms with Gasteiger partial charge < -0.3 is 15.5 Å². The largest absolute Gasteiger partial charge is 0.374 e. The summed E-state index contributed by atoms with van der Waals surface area (Å²) in [4.78, 5) is 23.8. The Morgan fingerprint density at radius 1 is 1.32 bits per heavy atom. The number of nitrogens with zero attached hydrogens (tertiary/aromatic N) is 4. The first-order chi connectivity index (χ1) is 12.2. The molecule has 2 aliphatic rings. The van der Waals surface area contributed by atoms with Crippen molar-refractivity contribution in [2.24, 2.45) is 5.73 Å². The molecule has 2 bridgehead atoms. The zero-order valence-corrected chi connectivity index (χ0v) is 13.6. The molecule has 0 radical (unpaired) electrons. The maximum atomic E-state index is 11.3. The average Bonchev–Trinajstić information content (AvgIpc) is 3.35. The van der Waals surface area contributed by atoms with Gasteiger partial charge in [-0.15, -0.1) is 5.10 Å². The Kier molecular flexibility index (Phi) is 3.14. The van der Waals surface area contributed by atoms with Gasteiger partial charge in [0.15, 0.2) is 5.82 Å². The molecule has 0 spiro atoms. The summed E-state index contributed by atoms with van der Waals surface area (Å²) in [5.41, 5.74) is 7.11. The van der Waals surface area contributed by atoms with Crippen LogP contribution in [0.25, 0.3) is 17.0 Å². The number of rotatable bonds is 4. The Balaban J connectivity index is 1.61. The quantitative estimate of drug-likeness (QED) is 0.742. The first-order valence-corrected chi connectivity index (χ1v) is 8.52. The Labute approximate surface area is 143 Å². The summed E-state index contributed by atoms with van der Waals surface area (Å²) in [6.07, 6.45) is 3.55. The summed E-state index contributed by atoms with van der Waals surface area (Å²) in [5, 5.41) is 4.50. The lowest BCUT2D eigenvalue weighted by atomic mass is 9.88. The zero-order chi connectivity index (χ0) is 17.0. The molecule has 2 saturated heterocycles. The summed E-state index contributed by atoms with van der Waals surface area (Å²) >= 11 is 0. The number of nitrogens with one attached hydrogen (secondary N) is 1. The standard InChI is InChI=1S/C17H18N6O2/c18-14(24)8-15-21-16(10-7-9-5-6-13(10)25-9)23(22-15)17-19-11-3-1-2-4-12(11)20-17/h1-4,9-10,13H,5-8H2,(H2,18,24)(H,19,20)/t9-,10-,13+/m0/s1. The third-order valence-electron chi connectivity index (χ3n) is 5.02. The predicted molar refractivity (Wildman–Crippen MR) is 89.2 cm³/mol. The second-order valence-corrected chi connectivity index (χ2v) is 6.73. The van der Waals surface area contributed by atoms with E-state index >= 15 is 0 Å². The monoisotopic (exact) mass is 338 g/mol. The molecule has 0 aliphatic carbocycles. The first-order valence-electron chi connectivity index (χ1n) is 8.52. The van der Waals surface area contributed by atoms with Crippen molar-refractivity contribution < 1.29 is 9.53 Å². The van der Waals surface area contributed by atoms with E-state index in [4.69, 9.17) is 10.5 Å². The molecule has 8 nitrogen and oxygen atoms in total. The summed E-state index contributed by atoms with van der Waals surface area (Å²) in [6, 6.07) is 7.80. The van der Waals surface area contributed by atoms with Crippen molar-refractivity contribution in [2.75, 3.05) is 0 Å². The number of aromatic nitrogens is 5. The maximum Gasteiger partial charge on any atom is 0.230 e. The van der Waals surface area contributed by atoms with Crippen LogP contribution in [0.1, 0.15) is 36.8 Å². The number of carbonyl (C=O) groups is 1. The van der Waals surface area contributed by atoms with Gasteiger partial charge in [0.2, 0.25) is 11.9 Å². The lowest BCUT2D eigenvalue weighted by Crippen LogP contribution is -2.19. The molecular formula is C17H18N6O2. The highest BCUT2D eigenvalue weighted by Gasteiger charge is 2.44. The number of hydrogen-bond donors (Lipinski definition) is 2. The van der Waals surface area contributed by atoms with Crippen molar-refractivity contribution in [1.29, 1.82) is 0 Å². The fourth-order valence-corrected chi connectivity index (χ4v) is 3.94. The van der Waals surface area contributed by atoms with Gasteiger partial charge in [-0.3, -0.25) is 4.79 Å². The zero-order valence-electron chi connectivity index (χ0n) is 13.6. The highest BCUT2D eigenvalue weighted by molar-refractivity contribution is 5.76. The molecule has 2 aromatic heterocycles. The minimum absolute atomic E-state index is 0.0158. The first kappa shape index (κ1) is 14.6. The van der Waals surface area contributed by atoms with E-state index in [0.717, 1.165) is 36.1 Å². The van der Waals surface area contributed by atoms with Crippen molar-refractivity contribution in [1.82, 2.24) is 24.7 Å². The number of nitrogens with two attached hydrogens (primary N) is 1. The van der Waals surface area contributed by atoms with Gasteiger partial charge in [0.1, 0.15) is 5.82 Å². The number of amides is 1. The van der Waals surface area contributed by atoms with Gasteiger partial charge in [-0.05, 0) is 31.4 Å². The number of carbonyl (C=O) groups excluding carboxylic acids is 1. The second-order valence-electron chi connectivity index (χ2n) is 6.73. The van der Waals surface area contributed by atoms with Gasteiger partial charge in [0.05, 0.1) is 29.7 Å². The molecule has 2 fully saturated rings. The summed E-state index contributed by atoms with van der Waals surface area (Å²) in [5.74, 6) is 1.54. The highest BCUT2D eigenvalue weighted by Crippen LogP contribution is 2.44. The molecule has 25 heavy (non-hydrogen) atoms. The van der Waals surface area contributed by atoms with Crippen LogP contribution in [0.3, 0.4) is 0 Å². The minimum Gasteiger partial charge on any atom is -0.374 e. The third-order valence-corrected chi connectivity index (χ3v) is 5.02. The number of H-pyrrole nitrogens is 1. The van der Waals surface area contributed by atoms with E-state index in [9.17, 15) is 4.79 Å². The van der Waals surface area contributed by atoms with Crippen LogP contribution in [0, 0.1) is 0 Å². The van der Waals surface area contributed by atoms with E-state index in [1.54, 1.807) is 4.68 Å². The van der Waals surface area contributed by atoms with Gasteiger partial charge in [-0.25, -0.2) is 9.97 Å². The van der Waals surface area contributed by atoms with Crippen LogP contribution in [0.2, 0.25) is 0 Å². The molecule has 0 unspecified atom stereocenters. The molecule has 3 aromatic rings. The maximum absolute atomic E-state index is 11.3. The Morgan fingerprint density at radius 3 is 2.92 bits per heavy atom. The number of imidazole rings is 1. The fourth-order valence-electron chi connectivity index (χ4n) is 3.94. The van der Waals surface area contributed by atoms with Gasteiger partial charge in [-0.1, -0.05) is 12.1 Å². The van der Waals surface area contributed by atoms with Crippen LogP contribution >= 0.6 is 0 Å². The predicted octanol–water partition coefficient (Wildman–Crippen LogP) is 1.21. The summed E-state index contributed by atoms with van der Waals surface area (Å²) < 4.78 is 7.69. The van der Waals surface area contributed by atoms with Crippen LogP contribution < -0.4 is 5.73 Å². The molecule has 4 heterocycles. The number of para-hydroxylation sites is 2. The van der Waals surface area contributed by atoms with Crippen LogP contribution in [-0.2, 0) is 16.0 Å². The van der Waals surface area contributed by atoms with E-state index in [1.165, 1.54) is 0 Å². The number of fused-ring (bicyclic) bond motifs is 3. The van der Waals surface area contributed by atoms with Crippen molar-refractivity contribution in [3.8, 4) is 5.95 Å². The third kappa shape index (κ3) is 2.41. The Bertz CT molecular complexity index is 928. The van der Waals surface area contributed by atoms with Gasteiger partial charge >= 0.3 is 0 Å². The summed E-state index contributed by atoms with van der Waals surface area (Å²) in [6.45, 7) is 0. The average molecular weight is 338 g/mol. The van der Waals surface area contributed by atoms with Crippen LogP contribution in [0.15, 0.2) is 24.3 Å². The van der Waals surface area contributed by atoms with E-state index in [-0.39, 0.29) is 18.4 Å². The van der Waals surface area contributed by atoms with Crippen molar-refractivity contribution in [3.05, 3.63) is 35.9 Å². The molecule has 5 rings (SSSR count). The lowest BCUT2D eigenvalue weighted by molar-refractivity contribution is -0.117. The van der Waals surface area contributed by atoms with Crippen molar-refractivity contribution in [3.63, 3.8) is 0 Å². The van der Waals surface area contributed by atoms with E-state index < -0.39 is 5.91 Å². The SMILES string of the molecule is NC(=O)Cc1nc([C@H]2C[C@@H]3CC[C@H]2O3)n(-c2nc3ccccc3[nH]2)n1. The fraction of sp³-hybridized carbons (Fsp3) is 0.412. The molecule has 0 saturated carbocycles. The summed E-state index contributed by atoms with van der Waals surface area (Å²) in [7, 11) is 0. The van der Waals surface area contributed by atoms with Crippen LogP contribution in [0.4, 0.5) is 0 Å². The minimum atomic E-state index is -0.447. The molecule has 1 amide bonds. The van der Waals surface area contributed by atoms with Crippen molar-refractivity contribution in [2.45, 2.75) is 43.8 Å². The smallest absolute Gasteiger partial charge is 0.230 e. The lowest BCUT2D eigenvalue weighted by Gasteiger charge is -2.17. The molecule has 3 atom stereocenters. The molecule has 128 valence electrons. The Hall–Kier alpha value is -2.74. The Morgan fingerprint density at radius 2 is 2.20 bits per heavy atom. The van der Waals surface area contributed by atoms with E-state index in [1.807, 2.05) is 24.3 Å². The number of benzene rings is 1. The topological polar surface area (TPSA) is 112 Å². The van der Waals surface area contributed by atoms with Gasteiger partial charge in [0, 0.05) is 5.92 Å². The number of ether oxygens (including phenoxy) is 1. The number of primary amides is 1. The van der Waals surface area contributed by atoms with Crippen LogP contribution in [0.5, 0.6) is 0 Å². The number of hydrogen-bond acceptors (Lipinski definition) is 5. The number of aromatic amines is 1. The highest BCUT2D eigenvalue weighted by atomic mass is 16.5. The molecule has 1 aromatic carbocycles. The van der Waals surface area contributed by atoms with Gasteiger partial charge in [0.25, 0.3) is 0 Å². The molecule has 8 heteroatoms. The van der Waals surface area contributed by atoms with Gasteiger partial charge in [-0.2, -0.15) is 4.68 Å². The van der Waals surface area contributed by atoms with Crippen molar-refractivity contribution >= 4 is 16.9 Å². The van der Waals surface area contributed by atoms with E-state index in [0.29, 0.717) is 17.9 Å². The molecule has 2 aliphatic heterocycles. The molecule has 3 N–H and O–H groups in total. The van der Waals surface area contributed by atoms with Crippen LogP contribution in [-0.4, -0.2) is 42.8 Å². The van der Waals surface area contributed by atoms with E-state index in [2.05, 4.69) is 20.1 Å².